The number of para-hydroxylation sites is 1. The molecule has 0 fully saturated rings. The first-order valence-corrected chi connectivity index (χ1v) is 6.34. The molecule has 0 aliphatic carbocycles. The average molecular weight is 260 g/mol. The van der Waals surface area contributed by atoms with Gasteiger partial charge in [-0.05, 0) is 27.0 Å². The second-order valence-corrected chi connectivity index (χ2v) is 4.47. The first kappa shape index (κ1) is 13.5. The summed E-state index contributed by atoms with van der Waals surface area (Å²) in [4.78, 5) is 4.33. The van der Waals surface area contributed by atoms with Crippen molar-refractivity contribution < 1.29 is 4.74 Å². The summed E-state index contributed by atoms with van der Waals surface area (Å²) < 4.78 is 7.34. The van der Waals surface area contributed by atoms with Crippen molar-refractivity contribution in [3.63, 3.8) is 0 Å². The van der Waals surface area contributed by atoms with Gasteiger partial charge >= 0.3 is 0 Å². The summed E-state index contributed by atoms with van der Waals surface area (Å²) in [5.41, 5.74) is 1.13. The van der Waals surface area contributed by atoms with Crippen LogP contribution in [0, 0.1) is 13.8 Å². The van der Waals surface area contributed by atoms with Gasteiger partial charge in [-0.15, -0.1) is 0 Å². The third-order valence-electron chi connectivity index (χ3n) is 3.18. The molecule has 5 nitrogen and oxygen atoms in total. The van der Waals surface area contributed by atoms with Crippen molar-refractivity contribution in [3.05, 3.63) is 41.5 Å². The van der Waals surface area contributed by atoms with Gasteiger partial charge in [-0.1, -0.05) is 18.2 Å². The molecule has 1 atom stereocenters. The van der Waals surface area contributed by atoms with Crippen molar-refractivity contribution in [1.29, 1.82) is 0 Å². The first-order chi connectivity index (χ1) is 9.15. The molecule has 1 unspecified atom stereocenters. The van der Waals surface area contributed by atoms with E-state index in [0.29, 0.717) is 0 Å². The number of nitrogens with one attached hydrogen (secondary N) is 1. The topological polar surface area (TPSA) is 52.0 Å². The van der Waals surface area contributed by atoms with Gasteiger partial charge in [0.1, 0.15) is 17.4 Å². The highest BCUT2D eigenvalue weighted by atomic mass is 16.5. The van der Waals surface area contributed by atoms with Crippen LogP contribution in [0.5, 0.6) is 5.75 Å². The molecule has 1 heterocycles. The maximum atomic E-state index is 5.42. The highest BCUT2D eigenvalue weighted by molar-refractivity contribution is 5.35. The average Bonchev–Trinajstić information content (AvgIpc) is 2.74. The van der Waals surface area contributed by atoms with Crippen LogP contribution >= 0.6 is 0 Å². The minimum absolute atomic E-state index is 0.135. The Morgan fingerprint density at radius 3 is 2.63 bits per heavy atom. The molecule has 0 amide bonds. The van der Waals surface area contributed by atoms with Crippen molar-refractivity contribution in [2.45, 2.75) is 26.4 Å². The van der Waals surface area contributed by atoms with E-state index in [1.54, 1.807) is 7.11 Å². The van der Waals surface area contributed by atoms with Crippen LogP contribution < -0.4 is 10.1 Å². The molecule has 0 saturated carbocycles. The van der Waals surface area contributed by atoms with E-state index in [9.17, 15) is 0 Å². The predicted octanol–water partition coefficient (Wildman–Crippen LogP) is 1.86. The van der Waals surface area contributed by atoms with Gasteiger partial charge in [-0.2, -0.15) is 5.10 Å². The van der Waals surface area contributed by atoms with Crippen LogP contribution in [0.1, 0.15) is 23.3 Å². The third-order valence-corrected chi connectivity index (χ3v) is 3.18. The molecule has 102 valence electrons. The SMILES string of the molecule is CNC(Cn1nc(C)nc1C)c1ccccc1OC. The summed E-state index contributed by atoms with van der Waals surface area (Å²) in [6, 6.07) is 8.16. The third kappa shape index (κ3) is 2.93. The second-order valence-electron chi connectivity index (χ2n) is 4.47. The fourth-order valence-electron chi connectivity index (χ4n) is 2.21. The minimum atomic E-state index is 0.135. The first-order valence-electron chi connectivity index (χ1n) is 6.34. The number of benzene rings is 1. The summed E-state index contributed by atoms with van der Waals surface area (Å²) in [5.74, 6) is 2.61. The lowest BCUT2D eigenvalue weighted by molar-refractivity contribution is 0.389. The van der Waals surface area contributed by atoms with Gasteiger partial charge in [-0.3, -0.25) is 0 Å². The molecule has 0 saturated heterocycles. The Balaban J connectivity index is 2.27. The van der Waals surface area contributed by atoms with E-state index in [1.807, 2.05) is 43.8 Å². The van der Waals surface area contributed by atoms with Gasteiger partial charge in [0.25, 0.3) is 0 Å². The maximum absolute atomic E-state index is 5.42. The Bertz CT molecular complexity index is 550. The highest BCUT2D eigenvalue weighted by Gasteiger charge is 2.16. The van der Waals surface area contributed by atoms with Crippen molar-refractivity contribution in [2.75, 3.05) is 14.2 Å². The summed E-state index contributed by atoms with van der Waals surface area (Å²) >= 11 is 0. The molecule has 5 heteroatoms. The number of methoxy groups -OCH3 is 1. The second kappa shape index (κ2) is 5.84. The van der Waals surface area contributed by atoms with E-state index < -0.39 is 0 Å². The molecule has 1 aromatic carbocycles. The van der Waals surface area contributed by atoms with Crippen LogP contribution in [-0.4, -0.2) is 28.9 Å². The zero-order chi connectivity index (χ0) is 13.8. The fourth-order valence-corrected chi connectivity index (χ4v) is 2.21. The van der Waals surface area contributed by atoms with E-state index >= 15 is 0 Å². The normalized spacial score (nSPS) is 12.4. The Morgan fingerprint density at radius 2 is 2.05 bits per heavy atom. The Hall–Kier alpha value is -1.88. The van der Waals surface area contributed by atoms with Crippen LogP contribution in [0.4, 0.5) is 0 Å². The Morgan fingerprint density at radius 1 is 1.32 bits per heavy atom. The van der Waals surface area contributed by atoms with Gasteiger partial charge in [0.15, 0.2) is 0 Å². The summed E-state index contributed by atoms with van der Waals surface area (Å²) in [6.07, 6.45) is 0. The van der Waals surface area contributed by atoms with E-state index in [-0.39, 0.29) is 6.04 Å². The van der Waals surface area contributed by atoms with Crippen LogP contribution in [-0.2, 0) is 6.54 Å². The summed E-state index contributed by atoms with van der Waals surface area (Å²) in [5, 5.41) is 7.71. The zero-order valence-corrected chi connectivity index (χ0v) is 11.8. The van der Waals surface area contributed by atoms with Gasteiger partial charge in [0.2, 0.25) is 0 Å². The fraction of sp³-hybridized carbons (Fsp3) is 0.429. The van der Waals surface area contributed by atoms with Crippen LogP contribution in [0.15, 0.2) is 24.3 Å². The lowest BCUT2D eigenvalue weighted by atomic mass is 10.1. The number of likely N-dealkylation sites (N-methyl/N-ethyl adjacent to an activating group) is 1. The zero-order valence-electron chi connectivity index (χ0n) is 11.8. The van der Waals surface area contributed by atoms with Gasteiger partial charge < -0.3 is 10.1 Å². The van der Waals surface area contributed by atoms with Gasteiger partial charge in [0.05, 0.1) is 19.7 Å². The molecular formula is C14H20N4O. The molecule has 1 N–H and O–H groups in total. The van der Waals surface area contributed by atoms with Crippen molar-refractivity contribution in [1.82, 2.24) is 20.1 Å². The number of hydrogen-bond acceptors (Lipinski definition) is 4. The Kier molecular flexibility index (Phi) is 4.16. The molecular weight excluding hydrogens is 240 g/mol. The molecule has 2 aromatic rings. The number of aromatic nitrogens is 3. The van der Waals surface area contributed by atoms with Crippen LogP contribution in [0.25, 0.3) is 0 Å². The van der Waals surface area contributed by atoms with Crippen molar-refractivity contribution in [3.8, 4) is 5.75 Å². The van der Waals surface area contributed by atoms with E-state index in [4.69, 9.17) is 4.74 Å². The molecule has 0 bridgehead atoms. The van der Waals surface area contributed by atoms with E-state index in [2.05, 4.69) is 21.5 Å². The van der Waals surface area contributed by atoms with Gasteiger partial charge in [-0.25, -0.2) is 9.67 Å². The molecule has 0 radical (unpaired) electrons. The minimum Gasteiger partial charge on any atom is -0.496 e. The number of aryl methyl sites for hydroxylation is 2. The molecule has 0 aliphatic heterocycles. The van der Waals surface area contributed by atoms with E-state index in [0.717, 1.165) is 29.5 Å². The summed E-state index contributed by atoms with van der Waals surface area (Å²) in [7, 11) is 3.63. The number of hydrogen-bond donors (Lipinski definition) is 1. The molecule has 2 rings (SSSR count). The molecule has 0 aliphatic rings. The Labute approximate surface area is 113 Å². The number of ether oxygens (including phenoxy) is 1. The quantitative estimate of drug-likeness (QED) is 0.891. The van der Waals surface area contributed by atoms with Crippen molar-refractivity contribution >= 4 is 0 Å². The van der Waals surface area contributed by atoms with Crippen LogP contribution in [0.2, 0.25) is 0 Å². The molecule has 19 heavy (non-hydrogen) atoms. The van der Waals surface area contributed by atoms with E-state index in [1.165, 1.54) is 0 Å². The largest absolute Gasteiger partial charge is 0.496 e. The molecule has 1 aromatic heterocycles. The van der Waals surface area contributed by atoms with Gasteiger partial charge in [0, 0.05) is 5.56 Å². The van der Waals surface area contributed by atoms with Crippen LogP contribution in [0.3, 0.4) is 0 Å². The maximum Gasteiger partial charge on any atom is 0.147 e. The lowest BCUT2D eigenvalue weighted by Gasteiger charge is -2.19. The highest BCUT2D eigenvalue weighted by Crippen LogP contribution is 2.25. The monoisotopic (exact) mass is 260 g/mol. The number of rotatable bonds is 5. The lowest BCUT2D eigenvalue weighted by Crippen LogP contribution is -2.23. The summed E-state index contributed by atoms with van der Waals surface area (Å²) in [6.45, 7) is 4.60. The molecule has 0 spiro atoms. The van der Waals surface area contributed by atoms with Crippen molar-refractivity contribution in [2.24, 2.45) is 0 Å². The smallest absolute Gasteiger partial charge is 0.147 e. The predicted molar refractivity (Wildman–Crippen MR) is 74.3 cm³/mol. The standard InChI is InChI=1S/C14H20N4O/c1-10-16-11(2)18(17-10)9-13(15-3)12-7-5-6-8-14(12)19-4/h5-8,13,15H,9H2,1-4H3. The number of nitrogens with zero attached hydrogens (tertiary/aromatic N) is 3.